The molecule has 0 radical (unpaired) electrons. The third kappa shape index (κ3) is 6.14. The third-order valence-corrected chi connectivity index (χ3v) is 5.77. The molecule has 0 unspecified atom stereocenters. The van der Waals surface area contributed by atoms with Crippen LogP contribution in [0.1, 0.15) is 25.8 Å². The van der Waals surface area contributed by atoms with Crippen LogP contribution in [-0.4, -0.2) is 41.7 Å². The van der Waals surface area contributed by atoms with Crippen LogP contribution in [-0.2, 0) is 9.59 Å². The third-order valence-electron chi connectivity index (χ3n) is 4.33. The van der Waals surface area contributed by atoms with E-state index in [1.165, 1.54) is 0 Å². The van der Waals surface area contributed by atoms with E-state index in [9.17, 15) is 14.4 Å². The van der Waals surface area contributed by atoms with E-state index >= 15 is 0 Å². The Morgan fingerprint density at radius 3 is 2.53 bits per heavy atom. The Morgan fingerprint density at radius 2 is 1.84 bits per heavy atom. The van der Waals surface area contributed by atoms with E-state index in [0.717, 1.165) is 27.6 Å². The summed E-state index contributed by atoms with van der Waals surface area (Å²) in [4.78, 5) is 38.6. The van der Waals surface area contributed by atoms with Crippen LogP contribution < -0.4 is 14.8 Å². The fourth-order valence-corrected chi connectivity index (χ4v) is 3.98. The Kier molecular flexibility index (Phi) is 8.35. The van der Waals surface area contributed by atoms with Crippen LogP contribution in [0.25, 0.3) is 6.08 Å². The first-order valence-electron chi connectivity index (χ1n) is 10.1. The number of anilines is 1. The van der Waals surface area contributed by atoms with Crippen LogP contribution in [0.4, 0.5) is 10.5 Å². The second-order valence-corrected chi connectivity index (χ2v) is 8.72. The number of thioether (sulfide) groups is 1. The maximum atomic E-state index is 12.7. The van der Waals surface area contributed by atoms with Gasteiger partial charge in [-0.25, -0.2) is 0 Å². The number of halogens is 1. The number of hydrogen-bond acceptors (Lipinski definition) is 6. The molecule has 2 aromatic carbocycles. The minimum absolute atomic E-state index is 0.246. The predicted octanol–water partition coefficient (Wildman–Crippen LogP) is 5.31. The molecule has 3 rings (SSSR count). The minimum atomic E-state index is -0.504. The lowest BCUT2D eigenvalue weighted by molar-refractivity contribution is -0.127. The first kappa shape index (κ1) is 23.9. The molecule has 32 heavy (non-hydrogen) atoms. The van der Waals surface area contributed by atoms with Gasteiger partial charge in [-0.1, -0.05) is 28.9 Å². The summed E-state index contributed by atoms with van der Waals surface area (Å²) >= 11 is 4.13. The first-order valence-corrected chi connectivity index (χ1v) is 11.7. The lowest BCUT2D eigenvalue weighted by Gasteiger charge is -2.13. The van der Waals surface area contributed by atoms with Gasteiger partial charge >= 0.3 is 0 Å². The van der Waals surface area contributed by atoms with E-state index in [1.54, 1.807) is 48.5 Å². The Hall–Kier alpha value is -2.78. The topological polar surface area (TPSA) is 84.9 Å². The maximum Gasteiger partial charge on any atom is 0.294 e. The van der Waals surface area contributed by atoms with Crippen LogP contribution in [0.3, 0.4) is 0 Å². The molecule has 1 fully saturated rings. The number of amides is 3. The van der Waals surface area contributed by atoms with Crippen LogP contribution in [0, 0.1) is 0 Å². The molecule has 168 valence electrons. The zero-order chi connectivity index (χ0) is 23.1. The van der Waals surface area contributed by atoms with Crippen LogP contribution in [0.2, 0.25) is 0 Å². The van der Waals surface area contributed by atoms with E-state index in [4.69, 9.17) is 9.47 Å². The van der Waals surface area contributed by atoms with E-state index in [1.807, 2.05) is 13.8 Å². The van der Waals surface area contributed by atoms with Gasteiger partial charge in [-0.15, -0.1) is 0 Å². The molecule has 0 aliphatic carbocycles. The van der Waals surface area contributed by atoms with Gasteiger partial charge < -0.3 is 14.8 Å². The Labute approximate surface area is 199 Å². The average Bonchev–Trinajstić information content (AvgIpc) is 3.02. The SMILES string of the molecule is CCCOc1ccc(/C=C2\SC(=O)N(CC(=O)Nc3ccc(Br)cc3)C2=O)cc1OCC. The van der Waals surface area contributed by atoms with Crippen LogP contribution >= 0.6 is 27.7 Å². The van der Waals surface area contributed by atoms with Gasteiger partial charge in [0.2, 0.25) is 5.91 Å². The summed E-state index contributed by atoms with van der Waals surface area (Å²) < 4.78 is 12.2. The van der Waals surface area contributed by atoms with Crippen molar-refractivity contribution in [3.63, 3.8) is 0 Å². The second-order valence-electron chi connectivity index (χ2n) is 6.81. The van der Waals surface area contributed by atoms with Crippen LogP contribution in [0.5, 0.6) is 11.5 Å². The summed E-state index contributed by atoms with van der Waals surface area (Å²) in [6.45, 7) is 4.58. The average molecular weight is 519 g/mol. The van der Waals surface area contributed by atoms with Crippen molar-refractivity contribution in [2.75, 3.05) is 25.1 Å². The monoisotopic (exact) mass is 518 g/mol. The number of benzene rings is 2. The van der Waals surface area contributed by atoms with Crippen molar-refractivity contribution < 1.29 is 23.9 Å². The predicted molar refractivity (Wildman–Crippen MR) is 129 cm³/mol. The molecule has 0 saturated carbocycles. The lowest BCUT2D eigenvalue weighted by Crippen LogP contribution is -2.36. The summed E-state index contributed by atoms with van der Waals surface area (Å²) in [7, 11) is 0. The number of carbonyl (C=O) groups is 3. The van der Waals surface area contributed by atoms with E-state index in [0.29, 0.717) is 36.0 Å². The molecule has 0 bridgehead atoms. The summed E-state index contributed by atoms with van der Waals surface area (Å²) in [5, 5.41) is 2.20. The van der Waals surface area contributed by atoms with Crippen LogP contribution in [0.15, 0.2) is 51.8 Å². The number of ether oxygens (including phenoxy) is 2. The van der Waals surface area contributed by atoms with Crippen molar-refractivity contribution in [1.29, 1.82) is 0 Å². The van der Waals surface area contributed by atoms with Gasteiger partial charge in [0.25, 0.3) is 11.1 Å². The number of rotatable bonds is 9. The van der Waals surface area contributed by atoms with Crippen molar-refractivity contribution in [2.24, 2.45) is 0 Å². The van der Waals surface area contributed by atoms with Crippen molar-refractivity contribution in [3.8, 4) is 11.5 Å². The standard InChI is InChI=1S/C23H23BrN2O5S/c1-3-11-31-18-10-5-15(12-19(18)30-4-2)13-20-22(28)26(23(29)32-20)14-21(27)25-17-8-6-16(24)7-9-17/h5-10,12-13H,3-4,11,14H2,1-2H3,(H,25,27)/b20-13-. The molecule has 1 saturated heterocycles. The van der Waals surface area contributed by atoms with Gasteiger partial charge in [0.05, 0.1) is 18.1 Å². The van der Waals surface area contributed by atoms with Crippen molar-refractivity contribution in [2.45, 2.75) is 20.3 Å². The lowest BCUT2D eigenvalue weighted by atomic mass is 10.2. The highest BCUT2D eigenvalue weighted by molar-refractivity contribution is 9.10. The molecule has 0 spiro atoms. The molecule has 9 heteroatoms. The Morgan fingerprint density at radius 1 is 1.09 bits per heavy atom. The number of carbonyl (C=O) groups excluding carboxylic acids is 3. The molecule has 2 aromatic rings. The maximum absolute atomic E-state index is 12.7. The molecule has 1 N–H and O–H groups in total. The summed E-state index contributed by atoms with van der Waals surface area (Å²) in [6.07, 6.45) is 2.49. The molecule has 1 aliphatic heterocycles. The van der Waals surface area contributed by atoms with Gasteiger partial charge in [0, 0.05) is 10.2 Å². The number of hydrogen-bond donors (Lipinski definition) is 1. The summed E-state index contributed by atoms with van der Waals surface area (Å²) in [5.41, 5.74) is 1.27. The highest BCUT2D eigenvalue weighted by Gasteiger charge is 2.36. The summed E-state index contributed by atoms with van der Waals surface area (Å²) in [6, 6.07) is 12.4. The second kappa shape index (κ2) is 11.2. The minimum Gasteiger partial charge on any atom is -0.490 e. The summed E-state index contributed by atoms with van der Waals surface area (Å²) in [5.74, 6) is 0.244. The zero-order valence-corrected chi connectivity index (χ0v) is 20.1. The molecule has 7 nitrogen and oxygen atoms in total. The van der Waals surface area contributed by atoms with Gasteiger partial charge in [-0.2, -0.15) is 0 Å². The van der Waals surface area contributed by atoms with Crippen molar-refractivity contribution in [1.82, 2.24) is 4.90 Å². The van der Waals surface area contributed by atoms with E-state index in [2.05, 4.69) is 21.2 Å². The van der Waals surface area contributed by atoms with Crippen molar-refractivity contribution in [3.05, 3.63) is 57.4 Å². The molecule has 1 heterocycles. The van der Waals surface area contributed by atoms with Gasteiger partial charge in [0.15, 0.2) is 11.5 Å². The smallest absolute Gasteiger partial charge is 0.294 e. The molecular weight excluding hydrogens is 496 g/mol. The number of nitrogens with one attached hydrogen (secondary N) is 1. The quantitative estimate of drug-likeness (QED) is 0.452. The van der Waals surface area contributed by atoms with Gasteiger partial charge in [-0.3, -0.25) is 19.3 Å². The largest absolute Gasteiger partial charge is 0.490 e. The van der Waals surface area contributed by atoms with E-state index in [-0.39, 0.29) is 11.4 Å². The highest BCUT2D eigenvalue weighted by Crippen LogP contribution is 2.34. The first-order chi connectivity index (χ1) is 15.4. The fourth-order valence-electron chi connectivity index (χ4n) is 2.88. The molecule has 0 atom stereocenters. The van der Waals surface area contributed by atoms with Crippen molar-refractivity contribution >= 4 is 56.5 Å². The normalized spacial score (nSPS) is 14.7. The molecule has 3 amide bonds. The number of imide groups is 1. The molecule has 1 aliphatic rings. The van der Waals surface area contributed by atoms with Gasteiger partial charge in [0.1, 0.15) is 6.54 Å². The Balaban J connectivity index is 1.71. The highest BCUT2D eigenvalue weighted by atomic mass is 79.9. The Bertz CT molecular complexity index is 1040. The fraction of sp³-hybridized carbons (Fsp3) is 0.261. The zero-order valence-electron chi connectivity index (χ0n) is 17.7. The molecular formula is C23H23BrN2O5S. The number of nitrogens with zero attached hydrogens (tertiary/aromatic N) is 1. The van der Waals surface area contributed by atoms with E-state index < -0.39 is 17.1 Å². The molecule has 0 aromatic heterocycles. The van der Waals surface area contributed by atoms with Gasteiger partial charge in [-0.05, 0) is 73.1 Å².